The Balaban J connectivity index is 1.61. The molecule has 0 aliphatic heterocycles. The van der Waals surface area contributed by atoms with Crippen LogP contribution < -0.4 is 0 Å². The van der Waals surface area contributed by atoms with Crippen LogP contribution in [0.5, 0.6) is 0 Å². The van der Waals surface area contributed by atoms with Crippen LogP contribution in [0, 0.1) is 51.2 Å². The minimum absolute atomic E-state index is 0.0245. The third-order valence-electron chi connectivity index (χ3n) is 8.87. The molecule has 0 amide bonds. The molecule has 128 valence electrons. The van der Waals surface area contributed by atoms with Crippen molar-refractivity contribution < 1.29 is 5.11 Å². The van der Waals surface area contributed by atoms with Crippen molar-refractivity contribution in [3.05, 3.63) is 0 Å². The van der Waals surface area contributed by atoms with Gasteiger partial charge in [-0.05, 0) is 97.1 Å². The molecular weight excluding hydrogens is 348 g/mol. The number of aliphatic hydroxyl groups excluding tert-OH is 1. The standard InChI is InChI=1S/C21H31BrO/c1-20-11-8-19-17(18(20)6-4-14(20)9-12-22)5-3-15-13-16(23)7-10-21(15,19)2/h14-19,23H,3-8,10-11,13H2,1-2H3/t14-,15+,16-,17?,18?,19?,20-,21+/m1/s1. The second-order valence-corrected chi connectivity index (χ2v) is 9.89. The third-order valence-corrected chi connectivity index (χ3v) is 9.10. The van der Waals surface area contributed by atoms with Crippen molar-refractivity contribution in [3.8, 4) is 10.8 Å². The summed E-state index contributed by atoms with van der Waals surface area (Å²) < 4.78 is 0. The lowest BCUT2D eigenvalue weighted by Crippen LogP contribution is -2.53. The average Bonchev–Trinajstić information content (AvgIpc) is 2.85. The van der Waals surface area contributed by atoms with Crippen LogP contribution in [-0.2, 0) is 0 Å². The first kappa shape index (κ1) is 16.5. The maximum Gasteiger partial charge on any atom is 0.0543 e. The Hall–Kier alpha value is 0. The van der Waals surface area contributed by atoms with Gasteiger partial charge in [0.1, 0.15) is 0 Å². The lowest BCUT2D eigenvalue weighted by atomic mass is 9.44. The SMILES string of the molecule is C[C@]12CCC3C(CC[C@H]4C[C@H](O)CC[C@]34C)C1CC[C@@H]2C#CBr. The molecule has 1 nitrogen and oxygen atoms in total. The van der Waals surface area contributed by atoms with E-state index < -0.39 is 0 Å². The van der Waals surface area contributed by atoms with Crippen molar-refractivity contribution >= 4 is 15.9 Å². The highest BCUT2D eigenvalue weighted by Gasteiger charge is 2.59. The second-order valence-electron chi connectivity index (χ2n) is 9.50. The maximum atomic E-state index is 10.1. The van der Waals surface area contributed by atoms with Crippen LogP contribution in [0.15, 0.2) is 0 Å². The number of halogens is 1. The Morgan fingerprint density at radius 2 is 1.65 bits per heavy atom. The van der Waals surface area contributed by atoms with Gasteiger partial charge in [0.05, 0.1) is 6.10 Å². The number of aliphatic hydroxyl groups is 1. The smallest absolute Gasteiger partial charge is 0.0543 e. The fraction of sp³-hybridized carbons (Fsp3) is 0.905. The van der Waals surface area contributed by atoms with Crippen LogP contribution >= 0.6 is 15.9 Å². The quantitative estimate of drug-likeness (QED) is 0.562. The number of hydrogen-bond acceptors (Lipinski definition) is 1. The van der Waals surface area contributed by atoms with E-state index in [0.29, 0.717) is 16.7 Å². The molecule has 3 unspecified atom stereocenters. The maximum absolute atomic E-state index is 10.1. The van der Waals surface area contributed by atoms with Crippen LogP contribution in [0.1, 0.15) is 71.6 Å². The van der Waals surface area contributed by atoms with E-state index in [-0.39, 0.29) is 6.10 Å². The normalized spacial score (nSPS) is 55.1. The summed E-state index contributed by atoms with van der Waals surface area (Å²) in [6.07, 6.45) is 11.6. The molecule has 0 bridgehead atoms. The first-order valence-corrected chi connectivity index (χ1v) is 10.6. The van der Waals surface area contributed by atoms with Crippen LogP contribution in [0.2, 0.25) is 0 Å². The topological polar surface area (TPSA) is 20.2 Å². The molecule has 4 rings (SSSR count). The Labute approximate surface area is 150 Å². The van der Waals surface area contributed by atoms with Gasteiger partial charge in [0.15, 0.2) is 0 Å². The summed E-state index contributed by atoms with van der Waals surface area (Å²) >= 11 is 3.34. The molecule has 0 aromatic heterocycles. The second kappa shape index (κ2) is 5.77. The van der Waals surface area contributed by atoms with Gasteiger partial charge >= 0.3 is 0 Å². The van der Waals surface area contributed by atoms with E-state index in [9.17, 15) is 5.11 Å². The highest BCUT2D eigenvalue weighted by Crippen LogP contribution is 2.67. The van der Waals surface area contributed by atoms with E-state index in [0.717, 1.165) is 36.5 Å². The minimum Gasteiger partial charge on any atom is -0.393 e. The van der Waals surface area contributed by atoms with Crippen LogP contribution in [-0.4, -0.2) is 11.2 Å². The van der Waals surface area contributed by atoms with Gasteiger partial charge in [-0.2, -0.15) is 0 Å². The Kier molecular flexibility index (Phi) is 4.13. The van der Waals surface area contributed by atoms with E-state index in [2.05, 4.69) is 40.5 Å². The molecule has 1 N–H and O–H groups in total. The van der Waals surface area contributed by atoms with E-state index in [4.69, 9.17) is 0 Å². The van der Waals surface area contributed by atoms with Crippen LogP contribution in [0.4, 0.5) is 0 Å². The summed E-state index contributed by atoms with van der Waals surface area (Å²) in [6.45, 7) is 5.12. The first-order chi connectivity index (χ1) is 11.0. The van der Waals surface area contributed by atoms with Crippen molar-refractivity contribution in [2.45, 2.75) is 77.7 Å². The van der Waals surface area contributed by atoms with Gasteiger partial charge in [-0.3, -0.25) is 0 Å². The zero-order valence-corrected chi connectivity index (χ0v) is 16.2. The highest BCUT2D eigenvalue weighted by molar-refractivity contribution is 9.12. The summed E-state index contributed by atoms with van der Waals surface area (Å²) in [5.74, 6) is 7.58. The summed E-state index contributed by atoms with van der Waals surface area (Å²) in [4.78, 5) is 3.03. The molecule has 4 aliphatic carbocycles. The monoisotopic (exact) mass is 378 g/mol. The molecule has 0 aromatic rings. The molecule has 4 aliphatic rings. The molecule has 0 saturated heterocycles. The van der Waals surface area contributed by atoms with Crippen LogP contribution in [0.3, 0.4) is 0 Å². The Bertz CT molecular complexity index is 534. The van der Waals surface area contributed by atoms with Crippen molar-refractivity contribution in [1.29, 1.82) is 0 Å². The summed E-state index contributed by atoms with van der Waals surface area (Å²) in [5, 5.41) is 10.1. The number of fused-ring (bicyclic) bond motifs is 5. The summed E-state index contributed by atoms with van der Waals surface area (Å²) in [6, 6.07) is 0. The zero-order chi connectivity index (χ0) is 16.2. The molecule has 2 heteroatoms. The molecule has 23 heavy (non-hydrogen) atoms. The van der Waals surface area contributed by atoms with Gasteiger partial charge in [0.25, 0.3) is 0 Å². The Morgan fingerprint density at radius 3 is 2.43 bits per heavy atom. The van der Waals surface area contributed by atoms with E-state index in [1.54, 1.807) is 0 Å². The average molecular weight is 379 g/mol. The number of rotatable bonds is 0. The van der Waals surface area contributed by atoms with Crippen LogP contribution in [0.25, 0.3) is 0 Å². The van der Waals surface area contributed by atoms with Gasteiger partial charge in [-0.15, -0.1) is 0 Å². The fourth-order valence-corrected chi connectivity index (χ4v) is 7.81. The van der Waals surface area contributed by atoms with Gasteiger partial charge in [0.2, 0.25) is 0 Å². The van der Waals surface area contributed by atoms with Crippen molar-refractivity contribution in [3.63, 3.8) is 0 Å². The van der Waals surface area contributed by atoms with E-state index >= 15 is 0 Å². The predicted octanol–water partition coefficient (Wildman–Crippen LogP) is 5.36. The highest BCUT2D eigenvalue weighted by atomic mass is 79.9. The Morgan fingerprint density at radius 1 is 0.913 bits per heavy atom. The lowest BCUT2D eigenvalue weighted by molar-refractivity contribution is -0.124. The predicted molar refractivity (Wildman–Crippen MR) is 97.9 cm³/mol. The summed E-state index contributed by atoms with van der Waals surface area (Å²) in [7, 11) is 0. The van der Waals surface area contributed by atoms with E-state index in [1.807, 2.05) is 0 Å². The summed E-state index contributed by atoms with van der Waals surface area (Å²) in [5.41, 5.74) is 0.960. The van der Waals surface area contributed by atoms with Crippen molar-refractivity contribution in [2.24, 2.45) is 40.4 Å². The molecule has 0 heterocycles. The molecule has 4 fully saturated rings. The molecule has 0 radical (unpaired) electrons. The largest absolute Gasteiger partial charge is 0.393 e. The third kappa shape index (κ3) is 2.36. The molecule has 8 atom stereocenters. The zero-order valence-electron chi connectivity index (χ0n) is 14.7. The fourth-order valence-electron chi connectivity index (χ4n) is 7.54. The lowest BCUT2D eigenvalue weighted by Gasteiger charge is -2.60. The molecule has 4 saturated carbocycles. The first-order valence-electron chi connectivity index (χ1n) is 9.78. The van der Waals surface area contributed by atoms with Gasteiger partial charge < -0.3 is 5.11 Å². The van der Waals surface area contributed by atoms with E-state index in [1.165, 1.54) is 44.9 Å². The minimum atomic E-state index is -0.0245. The van der Waals surface area contributed by atoms with Gasteiger partial charge in [0, 0.05) is 21.8 Å². The van der Waals surface area contributed by atoms with Gasteiger partial charge in [-0.25, -0.2) is 0 Å². The molecular formula is C21H31BrO. The van der Waals surface area contributed by atoms with Gasteiger partial charge in [-0.1, -0.05) is 19.8 Å². The van der Waals surface area contributed by atoms with Crippen molar-refractivity contribution in [2.75, 3.05) is 0 Å². The number of hydrogen-bond donors (Lipinski definition) is 1. The molecule has 0 aromatic carbocycles. The van der Waals surface area contributed by atoms with Crippen molar-refractivity contribution in [1.82, 2.24) is 0 Å². The molecule has 0 spiro atoms.